The van der Waals surface area contributed by atoms with Crippen LogP contribution in [0, 0.1) is 5.92 Å². The molecule has 0 aromatic heterocycles. The van der Waals surface area contributed by atoms with Gasteiger partial charge in [-0.05, 0) is 37.6 Å². The fourth-order valence-electron chi connectivity index (χ4n) is 2.97. The third-order valence-electron chi connectivity index (χ3n) is 4.10. The molecule has 1 aliphatic rings. The van der Waals surface area contributed by atoms with Gasteiger partial charge in [-0.15, -0.1) is 0 Å². The summed E-state index contributed by atoms with van der Waals surface area (Å²) in [5.74, 6) is -1.20. The van der Waals surface area contributed by atoms with Crippen LogP contribution in [0.1, 0.15) is 31.9 Å². The summed E-state index contributed by atoms with van der Waals surface area (Å²) in [5.41, 5.74) is 1.19. The zero-order valence-electron chi connectivity index (χ0n) is 12.5. The Morgan fingerprint density at radius 2 is 2.29 bits per heavy atom. The minimum atomic E-state index is -0.764. The fraction of sp³-hybridized carbons (Fsp3) is 0.562. The van der Waals surface area contributed by atoms with E-state index in [-0.39, 0.29) is 12.1 Å². The van der Waals surface area contributed by atoms with Crippen LogP contribution in [0.5, 0.6) is 0 Å². The van der Waals surface area contributed by atoms with E-state index in [2.05, 4.69) is 46.8 Å². The summed E-state index contributed by atoms with van der Waals surface area (Å²) in [6.07, 6.45) is 0.987. The molecule has 1 saturated heterocycles. The Balaban J connectivity index is 2.23. The maximum Gasteiger partial charge on any atom is 0.310 e. The second kappa shape index (κ2) is 7.38. The number of nitrogens with zero attached hydrogens (tertiary/aromatic N) is 1. The number of carboxylic acid groups (broad SMARTS) is 1. The summed E-state index contributed by atoms with van der Waals surface area (Å²) in [6, 6.07) is 8.30. The standard InChI is InChI=1S/C16H22BrNO3/c1-3-7-18(15-10-21-9-14(15)16(19)20)11(2)12-5-4-6-13(17)8-12/h4-6,8,11,14-15H,3,7,9-10H2,1-2H3,(H,19,20). The van der Waals surface area contributed by atoms with Gasteiger partial charge >= 0.3 is 5.97 Å². The highest BCUT2D eigenvalue weighted by atomic mass is 79.9. The Morgan fingerprint density at radius 1 is 1.52 bits per heavy atom. The summed E-state index contributed by atoms with van der Waals surface area (Å²) in [4.78, 5) is 13.7. The molecule has 0 bridgehead atoms. The lowest BCUT2D eigenvalue weighted by atomic mass is 9.98. The molecule has 1 aliphatic heterocycles. The topological polar surface area (TPSA) is 49.8 Å². The number of hydrogen-bond acceptors (Lipinski definition) is 3. The molecular formula is C16H22BrNO3. The second-order valence-corrected chi connectivity index (χ2v) is 6.43. The van der Waals surface area contributed by atoms with Crippen molar-refractivity contribution in [3.63, 3.8) is 0 Å². The van der Waals surface area contributed by atoms with Crippen molar-refractivity contribution in [1.82, 2.24) is 4.90 Å². The van der Waals surface area contributed by atoms with Crippen molar-refractivity contribution < 1.29 is 14.6 Å². The molecule has 0 amide bonds. The van der Waals surface area contributed by atoms with E-state index >= 15 is 0 Å². The van der Waals surface area contributed by atoms with Crippen LogP contribution >= 0.6 is 15.9 Å². The number of carboxylic acids is 1. The molecule has 0 radical (unpaired) electrons. The number of ether oxygens (including phenoxy) is 1. The third-order valence-corrected chi connectivity index (χ3v) is 4.60. The fourth-order valence-corrected chi connectivity index (χ4v) is 3.39. The Bertz CT molecular complexity index is 494. The molecule has 116 valence electrons. The van der Waals surface area contributed by atoms with Crippen molar-refractivity contribution in [2.45, 2.75) is 32.4 Å². The largest absolute Gasteiger partial charge is 0.481 e. The third kappa shape index (κ3) is 3.84. The van der Waals surface area contributed by atoms with Crippen LogP contribution < -0.4 is 0 Å². The van der Waals surface area contributed by atoms with Crippen molar-refractivity contribution in [2.75, 3.05) is 19.8 Å². The molecular weight excluding hydrogens is 334 g/mol. The Hall–Kier alpha value is -0.910. The van der Waals surface area contributed by atoms with E-state index in [1.807, 2.05) is 12.1 Å². The van der Waals surface area contributed by atoms with Crippen LogP contribution in [0.3, 0.4) is 0 Å². The van der Waals surface area contributed by atoms with E-state index in [0.29, 0.717) is 13.2 Å². The molecule has 21 heavy (non-hydrogen) atoms. The summed E-state index contributed by atoms with van der Waals surface area (Å²) in [7, 11) is 0. The minimum absolute atomic E-state index is 0.0589. The first kappa shape index (κ1) is 16.5. The number of hydrogen-bond donors (Lipinski definition) is 1. The van der Waals surface area contributed by atoms with Gasteiger partial charge in [-0.1, -0.05) is 35.0 Å². The second-order valence-electron chi connectivity index (χ2n) is 5.52. The summed E-state index contributed by atoms with van der Waals surface area (Å²) < 4.78 is 6.48. The number of rotatable bonds is 6. The summed E-state index contributed by atoms with van der Waals surface area (Å²) >= 11 is 3.50. The molecule has 1 fully saturated rings. The van der Waals surface area contributed by atoms with E-state index in [1.54, 1.807) is 0 Å². The van der Waals surface area contributed by atoms with Crippen LogP contribution in [0.4, 0.5) is 0 Å². The monoisotopic (exact) mass is 355 g/mol. The first-order chi connectivity index (χ1) is 10.0. The average molecular weight is 356 g/mol. The van der Waals surface area contributed by atoms with Crippen molar-refractivity contribution in [3.05, 3.63) is 34.3 Å². The molecule has 3 unspecified atom stereocenters. The highest BCUT2D eigenvalue weighted by Gasteiger charge is 2.39. The highest BCUT2D eigenvalue weighted by Crippen LogP contribution is 2.30. The van der Waals surface area contributed by atoms with Crippen molar-refractivity contribution in [1.29, 1.82) is 0 Å². The van der Waals surface area contributed by atoms with Crippen LogP contribution in [-0.4, -0.2) is 41.8 Å². The van der Waals surface area contributed by atoms with Gasteiger partial charge in [0.25, 0.3) is 0 Å². The van der Waals surface area contributed by atoms with Gasteiger partial charge in [-0.25, -0.2) is 0 Å². The van der Waals surface area contributed by atoms with Gasteiger partial charge in [0.1, 0.15) is 0 Å². The zero-order valence-corrected chi connectivity index (χ0v) is 14.0. The molecule has 0 aliphatic carbocycles. The lowest BCUT2D eigenvalue weighted by molar-refractivity contribution is -0.143. The molecule has 1 aromatic carbocycles. The van der Waals surface area contributed by atoms with Crippen molar-refractivity contribution in [2.24, 2.45) is 5.92 Å². The van der Waals surface area contributed by atoms with Gasteiger partial charge in [0, 0.05) is 16.6 Å². The van der Waals surface area contributed by atoms with Crippen molar-refractivity contribution in [3.8, 4) is 0 Å². The van der Waals surface area contributed by atoms with Gasteiger partial charge in [0.15, 0.2) is 0 Å². The highest BCUT2D eigenvalue weighted by molar-refractivity contribution is 9.10. The van der Waals surface area contributed by atoms with Gasteiger partial charge in [-0.3, -0.25) is 9.69 Å². The van der Waals surface area contributed by atoms with Crippen LogP contribution in [0.2, 0.25) is 0 Å². The molecule has 4 nitrogen and oxygen atoms in total. The molecule has 1 heterocycles. The van der Waals surface area contributed by atoms with Gasteiger partial charge < -0.3 is 9.84 Å². The van der Waals surface area contributed by atoms with Crippen LogP contribution in [0.15, 0.2) is 28.7 Å². The number of benzene rings is 1. The Labute approximate surface area is 134 Å². The Morgan fingerprint density at radius 3 is 2.90 bits per heavy atom. The van der Waals surface area contributed by atoms with E-state index in [1.165, 1.54) is 5.56 Å². The molecule has 5 heteroatoms. The van der Waals surface area contributed by atoms with Crippen LogP contribution in [-0.2, 0) is 9.53 Å². The SMILES string of the molecule is CCCN(C(C)c1cccc(Br)c1)C1COCC1C(=O)O. The quantitative estimate of drug-likeness (QED) is 0.850. The van der Waals surface area contributed by atoms with E-state index in [4.69, 9.17) is 4.74 Å². The lowest BCUT2D eigenvalue weighted by Gasteiger charge is -2.35. The maximum absolute atomic E-state index is 11.4. The maximum atomic E-state index is 11.4. The molecule has 1 aromatic rings. The number of aliphatic carboxylic acids is 1. The molecule has 3 atom stereocenters. The summed E-state index contributed by atoms with van der Waals surface area (Å²) in [6.45, 7) is 5.92. The predicted octanol–water partition coefficient (Wildman–Crippen LogP) is 3.32. The zero-order chi connectivity index (χ0) is 15.4. The van der Waals surface area contributed by atoms with E-state index in [9.17, 15) is 9.90 Å². The van der Waals surface area contributed by atoms with Crippen molar-refractivity contribution >= 4 is 21.9 Å². The minimum Gasteiger partial charge on any atom is -0.481 e. The molecule has 0 saturated carbocycles. The summed E-state index contributed by atoms with van der Waals surface area (Å²) in [5, 5.41) is 9.38. The number of carbonyl (C=O) groups is 1. The molecule has 2 rings (SSSR count). The van der Waals surface area contributed by atoms with E-state index in [0.717, 1.165) is 17.4 Å². The smallest absolute Gasteiger partial charge is 0.310 e. The first-order valence-corrected chi connectivity index (χ1v) is 8.15. The van der Waals surface area contributed by atoms with Gasteiger partial charge in [0.05, 0.1) is 19.1 Å². The molecule has 0 spiro atoms. The average Bonchev–Trinajstić information content (AvgIpc) is 2.93. The van der Waals surface area contributed by atoms with Gasteiger partial charge in [-0.2, -0.15) is 0 Å². The number of halogens is 1. The predicted molar refractivity (Wildman–Crippen MR) is 85.3 cm³/mol. The normalized spacial score (nSPS) is 23.4. The molecule has 1 N–H and O–H groups in total. The van der Waals surface area contributed by atoms with E-state index < -0.39 is 11.9 Å². The Kier molecular flexibility index (Phi) is 5.79. The van der Waals surface area contributed by atoms with Gasteiger partial charge in [0.2, 0.25) is 0 Å². The first-order valence-electron chi connectivity index (χ1n) is 7.36. The van der Waals surface area contributed by atoms with Crippen LogP contribution in [0.25, 0.3) is 0 Å². The lowest BCUT2D eigenvalue weighted by Crippen LogP contribution is -2.44.